The molecule has 4 N–H and O–H groups in total. The molecule has 8 heteroatoms. The van der Waals surface area contributed by atoms with E-state index in [1.807, 2.05) is 23.6 Å². The minimum absolute atomic E-state index is 0.305. The molecule has 0 atom stereocenters. The monoisotopic (exact) mass is 328 g/mol. The first-order valence-electron chi connectivity index (χ1n) is 7.87. The Kier molecular flexibility index (Phi) is 4.57. The molecule has 0 aliphatic carbocycles. The van der Waals surface area contributed by atoms with Crippen LogP contribution in [0.3, 0.4) is 0 Å². The van der Waals surface area contributed by atoms with Crippen molar-refractivity contribution in [3.8, 4) is 0 Å². The van der Waals surface area contributed by atoms with Gasteiger partial charge in [0.05, 0.1) is 5.52 Å². The summed E-state index contributed by atoms with van der Waals surface area (Å²) in [5.41, 5.74) is 14.2. The van der Waals surface area contributed by atoms with Crippen molar-refractivity contribution in [3.05, 3.63) is 24.2 Å². The normalized spacial score (nSPS) is 11.4. The van der Waals surface area contributed by atoms with Gasteiger partial charge in [0.25, 0.3) is 0 Å². The lowest BCUT2D eigenvalue weighted by atomic mass is 10.2. The molecule has 0 spiro atoms. The molecule has 1 amide bonds. The summed E-state index contributed by atoms with van der Waals surface area (Å²) in [6.45, 7) is 3.44. The van der Waals surface area contributed by atoms with Crippen molar-refractivity contribution < 1.29 is 9.53 Å². The number of anilines is 1. The highest BCUT2D eigenvalue weighted by Crippen LogP contribution is 2.28. The molecule has 0 saturated carbocycles. The Bertz CT molecular complexity index is 889. The first-order valence-corrected chi connectivity index (χ1v) is 7.87. The third-order valence-electron chi connectivity index (χ3n) is 3.78. The van der Waals surface area contributed by atoms with E-state index in [0.29, 0.717) is 49.5 Å². The van der Waals surface area contributed by atoms with Gasteiger partial charge < -0.3 is 20.8 Å². The number of aryl methyl sites for hydroxylation is 1. The fourth-order valence-corrected chi connectivity index (χ4v) is 2.73. The largest absolute Gasteiger partial charge is 0.382 e. The predicted octanol–water partition coefficient (Wildman–Crippen LogP) is 1.36. The number of imidazole rings is 1. The summed E-state index contributed by atoms with van der Waals surface area (Å²) < 4.78 is 7.51. The summed E-state index contributed by atoms with van der Waals surface area (Å²) in [5, 5.41) is 0. The zero-order valence-corrected chi connectivity index (χ0v) is 13.5. The highest BCUT2D eigenvalue weighted by atomic mass is 16.5. The smallest absolute Gasteiger partial charge is 0.217 e. The van der Waals surface area contributed by atoms with Crippen molar-refractivity contribution in [1.82, 2.24) is 19.5 Å². The Morgan fingerprint density at radius 2 is 2.17 bits per heavy atom. The number of pyridine rings is 2. The summed E-state index contributed by atoms with van der Waals surface area (Å²) >= 11 is 0. The Balaban J connectivity index is 2.16. The summed E-state index contributed by atoms with van der Waals surface area (Å²) in [4.78, 5) is 24.4. The zero-order chi connectivity index (χ0) is 17.1. The van der Waals surface area contributed by atoms with E-state index in [0.717, 1.165) is 16.9 Å². The van der Waals surface area contributed by atoms with Gasteiger partial charge in [0.2, 0.25) is 5.91 Å². The average molecular weight is 328 g/mol. The molecule has 0 aliphatic heterocycles. The van der Waals surface area contributed by atoms with E-state index in [1.54, 1.807) is 6.20 Å². The second kappa shape index (κ2) is 6.79. The second-order valence-electron chi connectivity index (χ2n) is 5.45. The third kappa shape index (κ3) is 3.00. The number of ether oxygens (including phenoxy) is 1. The summed E-state index contributed by atoms with van der Waals surface area (Å²) in [5.74, 6) is 0.773. The molecule has 0 fully saturated rings. The van der Waals surface area contributed by atoms with E-state index in [2.05, 4.69) is 15.0 Å². The lowest BCUT2D eigenvalue weighted by Gasteiger charge is -2.10. The van der Waals surface area contributed by atoms with Crippen LogP contribution in [0.2, 0.25) is 0 Å². The lowest BCUT2D eigenvalue weighted by Crippen LogP contribution is -2.13. The minimum atomic E-state index is -0.324. The van der Waals surface area contributed by atoms with Crippen LogP contribution < -0.4 is 11.5 Å². The van der Waals surface area contributed by atoms with Crippen LogP contribution in [-0.4, -0.2) is 32.0 Å². The zero-order valence-electron chi connectivity index (χ0n) is 13.5. The van der Waals surface area contributed by atoms with E-state index < -0.39 is 0 Å². The van der Waals surface area contributed by atoms with Gasteiger partial charge in [-0.3, -0.25) is 9.78 Å². The third-order valence-corrected chi connectivity index (χ3v) is 3.78. The van der Waals surface area contributed by atoms with E-state index in [-0.39, 0.29) is 5.91 Å². The maximum atomic E-state index is 11.0. The molecule has 0 radical (unpaired) electrons. The minimum Gasteiger partial charge on any atom is -0.382 e. The standard InChI is InChI=1S/C16H20N6O2/c1-2-24-9-12-21-14-15(22(12)8-4-6-11(17)23)13-10(20-16(14)18)5-3-7-19-13/h3,5,7H,2,4,6,8-9H2,1H3,(H2,17,23)(H2,18,20). The Morgan fingerprint density at radius 1 is 1.33 bits per heavy atom. The van der Waals surface area contributed by atoms with Crippen LogP contribution >= 0.6 is 0 Å². The van der Waals surface area contributed by atoms with E-state index in [1.165, 1.54) is 0 Å². The number of carbonyl (C=O) groups excluding carboxylic acids is 1. The van der Waals surface area contributed by atoms with Crippen LogP contribution in [0, 0.1) is 0 Å². The van der Waals surface area contributed by atoms with Gasteiger partial charge in [0.15, 0.2) is 5.82 Å². The van der Waals surface area contributed by atoms with E-state index in [4.69, 9.17) is 16.2 Å². The number of carbonyl (C=O) groups is 1. The van der Waals surface area contributed by atoms with Crippen molar-refractivity contribution in [3.63, 3.8) is 0 Å². The van der Waals surface area contributed by atoms with Gasteiger partial charge in [0.1, 0.15) is 29.0 Å². The summed E-state index contributed by atoms with van der Waals surface area (Å²) in [7, 11) is 0. The maximum Gasteiger partial charge on any atom is 0.217 e. The Labute approximate surface area is 138 Å². The first kappa shape index (κ1) is 16.1. The van der Waals surface area contributed by atoms with E-state index in [9.17, 15) is 4.79 Å². The van der Waals surface area contributed by atoms with Gasteiger partial charge in [-0.1, -0.05) is 0 Å². The van der Waals surface area contributed by atoms with Crippen molar-refractivity contribution in [1.29, 1.82) is 0 Å². The van der Waals surface area contributed by atoms with Gasteiger partial charge in [-0.05, 0) is 25.5 Å². The molecular weight excluding hydrogens is 308 g/mol. The number of aromatic nitrogens is 4. The molecule has 0 bridgehead atoms. The molecule has 3 aromatic rings. The Hall–Kier alpha value is -2.74. The number of primary amides is 1. The van der Waals surface area contributed by atoms with E-state index >= 15 is 0 Å². The summed E-state index contributed by atoms with van der Waals surface area (Å²) in [6.07, 6.45) is 2.62. The molecular formula is C16H20N6O2. The fourth-order valence-electron chi connectivity index (χ4n) is 2.73. The molecule has 3 heterocycles. The number of nitrogen functional groups attached to an aromatic ring is 1. The number of rotatable bonds is 7. The van der Waals surface area contributed by atoms with Gasteiger partial charge in [-0.2, -0.15) is 0 Å². The van der Waals surface area contributed by atoms with Crippen LogP contribution in [0.5, 0.6) is 0 Å². The highest BCUT2D eigenvalue weighted by molar-refractivity contribution is 6.04. The van der Waals surface area contributed by atoms with Crippen molar-refractivity contribution >= 4 is 33.8 Å². The van der Waals surface area contributed by atoms with Gasteiger partial charge in [-0.25, -0.2) is 9.97 Å². The van der Waals surface area contributed by atoms with Crippen molar-refractivity contribution in [2.75, 3.05) is 12.3 Å². The topological polar surface area (TPSA) is 122 Å². The van der Waals surface area contributed by atoms with Crippen LogP contribution in [0.25, 0.3) is 22.1 Å². The Morgan fingerprint density at radius 3 is 2.92 bits per heavy atom. The number of fused-ring (bicyclic) bond motifs is 3. The molecule has 126 valence electrons. The van der Waals surface area contributed by atoms with Gasteiger partial charge >= 0.3 is 0 Å². The molecule has 0 aliphatic rings. The molecule has 8 nitrogen and oxygen atoms in total. The van der Waals surface area contributed by atoms with Gasteiger partial charge in [-0.15, -0.1) is 0 Å². The molecule has 0 saturated heterocycles. The number of amides is 1. The van der Waals surface area contributed by atoms with Crippen LogP contribution in [-0.2, 0) is 22.7 Å². The van der Waals surface area contributed by atoms with Crippen molar-refractivity contribution in [2.45, 2.75) is 32.9 Å². The second-order valence-corrected chi connectivity index (χ2v) is 5.45. The molecule has 3 rings (SSSR count). The maximum absolute atomic E-state index is 11.0. The SMILES string of the molecule is CCOCc1nc2c(N)nc3cccnc3c2n1CCCC(N)=O. The number of nitrogens with two attached hydrogens (primary N) is 2. The van der Waals surface area contributed by atoms with Crippen LogP contribution in [0.15, 0.2) is 18.3 Å². The molecule has 3 aromatic heterocycles. The fraction of sp³-hybridized carbons (Fsp3) is 0.375. The predicted molar refractivity (Wildman–Crippen MR) is 91.0 cm³/mol. The molecule has 0 aromatic carbocycles. The quantitative estimate of drug-likeness (QED) is 0.675. The number of hydrogen-bond donors (Lipinski definition) is 2. The highest BCUT2D eigenvalue weighted by Gasteiger charge is 2.18. The first-order chi connectivity index (χ1) is 11.6. The average Bonchev–Trinajstić information content (AvgIpc) is 2.92. The lowest BCUT2D eigenvalue weighted by molar-refractivity contribution is -0.118. The van der Waals surface area contributed by atoms with Gasteiger partial charge in [0, 0.05) is 25.8 Å². The molecule has 0 unspecified atom stereocenters. The number of hydrogen-bond acceptors (Lipinski definition) is 6. The van der Waals surface area contributed by atoms with Crippen LogP contribution in [0.1, 0.15) is 25.6 Å². The van der Waals surface area contributed by atoms with Crippen molar-refractivity contribution in [2.24, 2.45) is 5.73 Å². The molecule has 24 heavy (non-hydrogen) atoms. The van der Waals surface area contributed by atoms with Crippen LogP contribution in [0.4, 0.5) is 5.82 Å². The number of nitrogens with zero attached hydrogens (tertiary/aromatic N) is 4. The summed E-state index contributed by atoms with van der Waals surface area (Å²) in [6, 6.07) is 3.68.